The molecule has 0 aromatic heterocycles. The smallest absolute Gasteiger partial charge is 0.347 e. The molecule has 0 aliphatic rings. The van der Waals surface area contributed by atoms with E-state index in [-0.39, 0.29) is 22.0 Å². The lowest BCUT2D eigenvalue weighted by atomic mass is 10.2. The van der Waals surface area contributed by atoms with Gasteiger partial charge >= 0.3 is 12.0 Å². The number of aromatic carboxylic acids is 1. The van der Waals surface area contributed by atoms with Gasteiger partial charge in [0.05, 0.1) is 16.1 Å². The second-order valence-corrected chi connectivity index (χ2v) is 4.81. The number of urea groups is 1. The lowest BCUT2D eigenvalue weighted by Crippen LogP contribution is -2.20. The Bertz CT molecular complexity index is 771. The van der Waals surface area contributed by atoms with Crippen molar-refractivity contribution in [2.24, 2.45) is 10.7 Å². The number of anilines is 1. The molecule has 2 rings (SSSR count). The number of amides is 2. The number of rotatable bonds is 3. The van der Waals surface area contributed by atoms with Crippen molar-refractivity contribution < 1.29 is 19.1 Å². The van der Waals surface area contributed by atoms with Gasteiger partial charge in [0.2, 0.25) is 0 Å². The molecular formula is C15H11ClFN3O3. The second kappa shape index (κ2) is 6.89. The van der Waals surface area contributed by atoms with Crippen LogP contribution in [0.15, 0.2) is 47.5 Å². The van der Waals surface area contributed by atoms with E-state index in [1.54, 1.807) is 0 Å². The van der Waals surface area contributed by atoms with Gasteiger partial charge in [0.15, 0.2) is 0 Å². The van der Waals surface area contributed by atoms with Crippen LogP contribution in [0.3, 0.4) is 0 Å². The second-order valence-electron chi connectivity index (χ2n) is 4.41. The molecule has 0 aliphatic carbocycles. The summed E-state index contributed by atoms with van der Waals surface area (Å²) in [6, 6.07) is 8.55. The number of benzene rings is 2. The van der Waals surface area contributed by atoms with Gasteiger partial charge in [-0.15, -0.1) is 0 Å². The van der Waals surface area contributed by atoms with Gasteiger partial charge in [-0.1, -0.05) is 17.7 Å². The molecule has 0 unspecified atom stereocenters. The fraction of sp³-hybridized carbons (Fsp3) is 0. The number of aliphatic imine (C=N–C) groups is 1. The number of nitrogens with two attached hydrogens (primary N) is 1. The molecule has 0 fully saturated rings. The number of carboxylic acids is 1. The number of amidine groups is 1. The van der Waals surface area contributed by atoms with Crippen LogP contribution in [-0.2, 0) is 0 Å². The van der Waals surface area contributed by atoms with Crippen LogP contribution in [0, 0.1) is 5.82 Å². The maximum Gasteiger partial charge on any atom is 0.347 e. The number of nitrogens with one attached hydrogen (secondary N) is 1. The molecule has 0 atom stereocenters. The summed E-state index contributed by atoms with van der Waals surface area (Å²) in [4.78, 5) is 26.0. The van der Waals surface area contributed by atoms with Crippen LogP contribution in [-0.4, -0.2) is 22.9 Å². The van der Waals surface area contributed by atoms with Gasteiger partial charge in [0.1, 0.15) is 11.7 Å². The molecule has 0 saturated carbocycles. The van der Waals surface area contributed by atoms with Gasteiger partial charge < -0.3 is 16.2 Å². The van der Waals surface area contributed by atoms with Gasteiger partial charge in [-0.05, 0) is 36.4 Å². The fourth-order valence-corrected chi connectivity index (χ4v) is 2.02. The molecule has 8 heteroatoms. The van der Waals surface area contributed by atoms with Gasteiger partial charge in [-0.25, -0.2) is 14.0 Å². The minimum Gasteiger partial charge on any atom is -0.478 e. The zero-order valence-electron chi connectivity index (χ0n) is 11.6. The predicted molar refractivity (Wildman–Crippen MR) is 84.6 cm³/mol. The molecule has 23 heavy (non-hydrogen) atoms. The van der Waals surface area contributed by atoms with Crippen molar-refractivity contribution in [3.05, 3.63) is 64.4 Å². The lowest BCUT2D eigenvalue weighted by molar-refractivity contribution is 0.0697. The highest BCUT2D eigenvalue weighted by Gasteiger charge is 2.12. The largest absolute Gasteiger partial charge is 0.478 e. The van der Waals surface area contributed by atoms with Crippen molar-refractivity contribution in [3.63, 3.8) is 0 Å². The average Bonchev–Trinajstić information content (AvgIpc) is 2.47. The standard InChI is InChI=1S/C15H11ClFN3O3/c16-10-2-1-3-11(17)12(10)13(18)20-15(23)19-9-6-4-8(5-7-9)14(21)22/h1-7H,(H,21,22)(H3,18,19,20,23). The Kier molecular flexibility index (Phi) is 4.92. The molecule has 2 aromatic rings. The van der Waals surface area contributed by atoms with Crippen molar-refractivity contribution in [3.8, 4) is 0 Å². The first-order valence-electron chi connectivity index (χ1n) is 6.31. The Morgan fingerprint density at radius 2 is 1.83 bits per heavy atom. The molecule has 0 saturated heterocycles. The molecule has 4 N–H and O–H groups in total. The van der Waals surface area contributed by atoms with E-state index in [4.69, 9.17) is 22.4 Å². The van der Waals surface area contributed by atoms with E-state index in [0.29, 0.717) is 5.69 Å². The third-order valence-corrected chi connectivity index (χ3v) is 3.14. The summed E-state index contributed by atoms with van der Waals surface area (Å²) in [6.45, 7) is 0. The minimum atomic E-state index is -1.08. The van der Waals surface area contributed by atoms with E-state index >= 15 is 0 Å². The molecule has 0 heterocycles. The first-order chi connectivity index (χ1) is 10.9. The highest BCUT2D eigenvalue weighted by atomic mass is 35.5. The van der Waals surface area contributed by atoms with Gasteiger partial charge in [0, 0.05) is 5.69 Å². The average molecular weight is 336 g/mol. The quantitative estimate of drug-likeness (QED) is 0.592. The van der Waals surface area contributed by atoms with Crippen LogP contribution in [0.2, 0.25) is 5.02 Å². The van der Waals surface area contributed by atoms with Crippen LogP contribution < -0.4 is 11.1 Å². The molecular weight excluding hydrogens is 325 g/mol. The summed E-state index contributed by atoms with van der Waals surface area (Å²) >= 11 is 5.83. The third kappa shape index (κ3) is 4.04. The van der Waals surface area contributed by atoms with Crippen molar-refractivity contribution in [2.75, 3.05) is 5.32 Å². The highest BCUT2D eigenvalue weighted by molar-refractivity contribution is 6.34. The van der Waals surface area contributed by atoms with E-state index in [9.17, 15) is 14.0 Å². The van der Waals surface area contributed by atoms with E-state index in [1.807, 2.05) is 0 Å². The summed E-state index contributed by atoms with van der Waals surface area (Å²) < 4.78 is 13.7. The maximum atomic E-state index is 13.7. The number of nitrogens with zero attached hydrogens (tertiary/aromatic N) is 1. The fourth-order valence-electron chi connectivity index (χ4n) is 1.76. The molecule has 0 spiro atoms. The zero-order chi connectivity index (χ0) is 17.0. The minimum absolute atomic E-state index is 0.0323. The van der Waals surface area contributed by atoms with E-state index in [2.05, 4.69) is 10.3 Å². The van der Waals surface area contributed by atoms with Gasteiger partial charge in [-0.2, -0.15) is 4.99 Å². The highest BCUT2D eigenvalue weighted by Crippen LogP contribution is 2.18. The topological polar surface area (TPSA) is 105 Å². The number of hydrogen-bond donors (Lipinski definition) is 3. The number of carbonyl (C=O) groups excluding carboxylic acids is 1. The summed E-state index contributed by atoms with van der Waals surface area (Å²) in [5, 5.41) is 11.2. The van der Waals surface area contributed by atoms with Gasteiger partial charge in [-0.3, -0.25) is 0 Å². The Morgan fingerprint density at radius 3 is 2.39 bits per heavy atom. The number of carboxylic acid groups (broad SMARTS) is 1. The van der Waals surface area contributed by atoms with Crippen molar-refractivity contribution in [1.29, 1.82) is 0 Å². The molecule has 0 aliphatic heterocycles. The molecule has 6 nitrogen and oxygen atoms in total. The summed E-state index contributed by atoms with van der Waals surface area (Å²) in [7, 11) is 0. The monoisotopic (exact) mass is 335 g/mol. The number of halogens is 2. The predicted octanol–water partition coefficient (Wildman–Crippen LogP) is 3.11. The molecule has 0 radical (unpaired) electrons. The summed E-state index contributed by atoms with van der Waals surface area (Å²) in [5.41, 5.74) is 5.83. The number of hydrogen-bond acceptors (Lipinski definition) is 2. The van der Waals surface area contributed by atoms with Crippen molar-refractivity contribution in [1.82, 2.24) is 0 Å². The van der Waals surface area contributed by atoms with Crippen molar-refractivity contribution >= 4 is 35.1 Å². The first-order valence-corrected chi connectivity index (χ1v) is 6.69. The van der Waals surface area contributed by atoms with Crippen LogP contribution in [0.4, 0.5) is 14.9 Å². The molecule has 2 aromatic carbocycles. The third-order valence-electron chi connectivity index (χ3n) is 2.82. The van der Waals surface area contributed by atoms with Crippen molar-refractivity contribution in [2.45, 2.75) is 0 Å². The van der Waals surface area contributed by atoms with Crippen LogP contribution in [0.5, 0.6) is 0 Å². The van der Waals surface area contributed by atoms with Gasteiger partial charge in [0.25, 0.3) is 0 Å². The Morgan fingerprint density at radius 1 is 1.17 bits per heavy atom. The SMILES string of the molecule is N/C(=N\C(=O)Nc1ccc(C(=O)O)cc1)c1c(F)cccc1Cl. The zero-order valence-corrected chi connectivity index (χ0v) is 12.3. The lowest BCUT2D eigenvalue weighted by Gasteiger charge is -2.06. The van der Waals surface area contributed by atoms with Crippen LogP contribution in [0.1, 0.15) is 15.9 Å². The van der Waals surface area contributed by atoms with E-state index < -0.39 is 17.8 Å². The van der Waals surface area contributed by atoms with E-state index in [0.717, 1.165) is 6.07 Å². The van der Waals surface area contributed by atoms with E-state index in [1.165, 1.54) is 36.4 Å². The Hall–Kier alpha value is -2.93. The van der Waals surface area contributed by atoms with Crippen LogP contribution in [0.25, 0.3) is 0 Å². The normalized spacial score (nSPS) is 11.1. The maximum absolute atomic E-state index is 13.7. The van der Waals surface area contributed by atoms with Crippen LogP contribution >= 0.6 is 11.6 Å². The molecule has 2 amide bonds. The summed E-state index contributed by atoms with van der Waals surface area (Å²) in [6.07, 6.45) is 0. The molecule has 118 valence electrons. The summed E-state index contributed by atoms with van der Waals surface area (Å²) in [5.74, 6) is -2.15. The Labute approximate surface area is 135 Å². The Balaban J connectivity index is 2.16. The first kappa shape index (κ1) is 16.4. The number of carbonyl (C=O) groups is 2. The molecule has 0 bridgehead atoms.